The number of ether oxygens (including phenoxy) is 1. The molecule has 4 heterocycles. The van der Waals surface area contributed by atoms with Crippen molar-refractivity contribution in [2.45, 2.75) is 291 Å². The van der Waals surface area contributed by atoms with Crippen LogP contribution in [0.1, 0.15) is 213 Å². The number of carbonyl (C=O) groups excluding carboxylic acids is 12. The maximum Gasteiger partial charge on any atom is 0.393 e. The van der Waals surface area contributed by atoms with Gasteiger partial charge in [0.25, 0.3) is 0 Å². The van der Waals surface area contributed by atoms with Gasteiger partial charge in [-0.05, 0) is 164 Å². The van der Waals surface area contributed by atoms with E-state index in [0.29, 0.717) is 103 Å². The number of fused-ring (bicyclic) bond motifs is 3. The Kier molecular flexibility index (Phi) is 30.8. The first-order chi connectivity index (χ1) is 51.7. The Morgan fingerprint density at radius 1 is 0.560 bits per heavy atom. The summed E-state index contributed by atoms with van der Waals surface area (Å²) in [5.74, 6) is -11.8. The van der Waals surface area contributed by atoms with Crippen LogP contribution >= 0.6 is 11.6 Å². The number of carbonyl (C=O) groups is 12. The average Bonchev–Trinajstić information content (AvgIpc) is 1.73. The van der Waals surface area contributed by atoms with Crippen LogP contribution in [0.3, 0.4) is 0 Å². The predicted octanol–water partition coefficient (Wildman–Crippen LogP) is 7.07. The third kappa shape index (κ3) is 21.5. The maximum atomic E-state index is 15.9. The molecule has 5 aliphatic carbocycles. The van der Waals surface area contributed by atoms with Crippen LogP contribution in [0.4, 0.5) is 22.0 Å². The number of likely N-dealkylation sites (N-methyl/N-ethyl adjacent to an activating group) is 6. The normalized spacial score (nSPS) is 33.2. The molecule has 12 amide bonds. The molecule has 14 atom stereocenters. The second kappa shape index (κ2) is 38.9. The number of alkyl halides is 6. The summed E-state index contributed by atoms with van der Waals surface area (Å²) in [6, 6.07) is -10.3. The van der Waals surface area contributed by atoms with Crippen LogP contribution in [-0.2, 0) is 62.3 Å². The molecule has 2 bridgehead atoms. The minimum atomic E-state index is -4.53. The van der Waals surface area contributed by atoms with Gasteiger partial charge in [-0.25, -0.2) is 8.78 Å². The smallest absolute Gasteiger partial charge is 0.378 e. The minimum absolute atomic E-state index is 0.0267. The summed E-state index contributed by atoms with van der Waals surface area (Å²) in [4.78, 5) is 195. The fourth-order valence-corrected chi connectivity index (χ4v) is 19.5. The van der Waals surface area contributed by atoms with Crippen molar-refractivity contribution in [3.8, 4) is 0 Å². The van der Waals surface area contributed by atoms with Gasteiger partial charge in [-0.1, -0.05) is 71.6 Å². The molecule has 31 heteroatoms. The van der Waals surface area contributed by atoms with Crippen molar-refractivity contribution in [3.63, 3.8) is 0 Å². The van der Waals surface area contributed by atoms with Crippen molar-refractivity contribution < 1.29 is 84.2 Å². The summed E-state index contributed by atoms with van der Waals surface area (Å²) in [6.07, 6.45) is 1.54. The molecule has 3 N–H and O–H groups in total. The van der Waals surface area contributed by atoms with Gasteiger partial charge in [0.15, 0.2) is 0 Å². The molecule has 4 aliphatic heterocycles. The molecule has 9 aliphatic rings. The lowest BCUT2D eigenvalue weighted by atomic mass is 9.78. The van der Waals surface area contributed by atoms with E-state index in [9.17, 15) is 27.2 Å². The average molecular weight is 1570 g/mol. The first-order valence-electron chi connectivity index (χ1n) is 40.7. The number of hydrogen-bond donors (Lipinski definition) is 3. The highest BCUT2D eigenvalue weighted by Crippen LogP contribution is 2.45. The summed E-state index contributed by atoms with van der Waals surface area (Å²) < 4.78 is 78.1. The SMILES string of the molecule is CC[C@H](C)[C@@H]1NC(=O)[C@H](CC2CCCC(F)C2)N(C)C(=O)C[C@@H](C(=O)N2CCOCC2)N(C)C(=O)[C@H](C2CCCC2)N(C)C(=O)C2(CCCC2)NC(=O)[C@@H]2CCCN2C(=O)[C@H](CCC2CCC(C(F)(F)F)C(Cl)C2)NC(=O)CN(C)C(=O)[C@H](CC2CCC(F)CC2)N2CCCCC[C@@H](C2=O)N(C)C(=O)CN(C)C1=O. The molecule has 9 fully saturated rings. The van der Waals surface area contributed by atoms with Crippen LogP contribution in [0, 0.1) is 35.5 Å². The zero-order chi connectivity index (χ0) is 79.3. The third-order valence-corrected chi connectivity index (χ3v) is 26.5. The maximum absolute atomic E-state index is 15.9. The van der Waals surface area contributed by atoms with E-state index in [2.05, 4.69) is 16.0 Å². The highest BCUT2D eigenvalue weighted by Gasteiger charge is 2.53. The second-order valence-corrected chi connectivity index (χ2v) is 34.0. The quantitative estimate of drug-likeness (QED) is 0.138. The topological polar surface area (TPSA) is 279 Å². The summed E-state index contributed by atoms with van der Waals surface area (Å²) in [7, 11) is 8.51. The first kappa shape index (κ1) is 86.5. The molecule has 109 heavy (non-hydrogen) atoms. The Morgan fingerprint density at radius 3 is 1.84 bits per heavy atom. The van der Waals surface area contributed by atoms with E-state index in [1.807, 2.05) is 6.92 Å². The number of hydrogen-bond acceptors (Lipinski definition) is 13. The van der Waals surface area contributed by atoms with Gasteiger partial charge in [0.1, 0.15) is 66.2 Å². The molecule has 5 unspecified atom stereocenters. The Labute approximate surface area is 644 Å². The molecule has 1 spiro atoms. The van der Waals surface area contributed by atoms with Gasteiger partial charge in [0.05, 0.1) is 38.6 Å². The van der Waals surface area contributed by atoms with Crippen molar-refractivity contribution in [3.05, 3.63) is 0 Å². The molecule has 614 valence electrons. The van der Waals surface area contributed by atoms with Gasteiger partial charge in [-0.15, -0.1) is 11.6 Å². The van der Waals surface area contributed by atoms with E-state index in [-0.39, 0.29) is 135 Å². The van der Waals surface area contributed by atoms with Gasteiger partial charge >= 0.3 is 6.18 Å². The van der Waals surface area contributed by atoms with E-state index >= 15 is 52.3 Å². The van der Waals surface area contributed by atoms with Crippen molar-refractivity contribution in [2.75, 3.05) is 94.8 Å². The van der Waals surface area contributed by atoms with E-state index in [1.165, 1.54) is 76.6 Å². The Hall–Kier alpha value is -6.46. The molecule has 5 saturated carbocycles. The Morgan fingerprint density at radius 2 is 1.19 bits per heavy atom. The highest BCUT2D eigenvalue weighted by atomic mass is 35.5. The third-order valence-electron chi connectivity index (χ3n) is 26.0. The van der Waals surface area contributed by atoms with Crippen LogP contribution in [-0.4, -0.2) is 288 Å². The van der Waals surface area contributed by atoms with E-state index < -0.39 is 198 Å². The number of halogens is 6. The van der Waals surface area contributed by atoms with E-state index in [4.69, 9.17) is 16.3 Å². The number of morpholine rings is 1. The zero-order valence-electron chi connectivity index (χ0n) is 65.5. The van der Waals surface area contributed by atoms with Gasteiger partial charge < -0.3 is 64.8 Å². The van der Waals surface area contributed by atoms with Gasteiger partial charge in [0, 0.05) is 73.8 Å². The lowest BCUT2D eigenvalue weighted by Crippen LogP contribution is -2.65. The first-order valence-corrected chi connectivity index (χ1v) is 41.1. The van der Waals surface area contributed by atoms with Crippen LogP contribution in [0.2, 0.25) is 0 Å². The fraction of sp³-hybridized carbons (Fsp3) is 0.846. The standard InChI is InChI=1S/C78H122ClF5N12O13/c1-9-48(2)66-74(106)89(4)47-65(99)90(5)59-23-11-10-16-35-96(73(59)105)62(43-50-25-29-53(80)30-26-50)71(103)88(3)46-63(97)85-57(32-28-49-27-31-55(56(79)42-49)78(82,83)84)70(102)95-36-18-24-58(95)69(101)87-77(33-14-15-34-77)76(108)93(8)67(52-20-12-13-21-52)75(107)92(7)61(72(104)94-37-39-109-40-38-94)45-64(98)91(6)60(68(100)86-66)44-51-19-17-22-54(81)41-51/h48-62,66-67H,9-47H2,1-8H3,(H,85,97)(H,86,100)(H,87,101)/t48-,49?,50?,51?,53?,54?,55?,56?,57-,58-,59-,60-,61-,62-,66-,67-/m0/s1. The Balaban J connectivity index is 1.10. The highest BCUT2D eigenvalue weighted by molar-refractivity contribution is 6.21. The summed E-state index contributed by atoms with van der Waals surface area (Å²) in [5.41, 5.74) is -1.60. The molecule has 4 saturated heterocycles. The van der Waals surface area contributed by atoms with Crippen LogP contribution in [0.15, 0.2) is 0 Å². The monoisotopic (exact) mass is 1560 g/mol. The number of nitrogens with one attached hydrogen (secondary N) is 3. The van der Waals surface area contributed by atoms with Crippen molar-refractivity contribution in [1.29, 1.82) is 0 Å². The van der Waals surface area contributed by atoms with Crippen LogP contribution < -0.4 is 16.0 Å². The minimum Gasteiger partial charge on any atom is -0.378 e. The van der Waals surface area contributed by atoms with Gasteiger partial charge in [-0.3, -0.25) is 57.5 Å². The molecule has 0 radical (unpaired) electrons. The second-order valence-electron chi connectivity index (χ2n) is 33.4. The predicted molar refractivity (Wildman–Crippen MR) is 396 cm³/mol. The Bertz CT molecular complexity index is 3210. The number of rotatable bonds is 11. The van der Waals surface area contributed by atoms with Gasteiger partial charge in [0.2, 0.25) is 70.9 Å². The summed E-state index contributed by atoms with van der Waals surface area (Å²) in [5, 5.41) is 7.61. The van der Waals surface area contributed by atoms with Crippen molar-refractivity contribution >= 4 is 82.5 Å². The van der Waals surface area contributed by atoms with Crippen LogP contribution in [0.25, 0.3) is 0 Å². The molecule has 0 aromatic rings. The molecular formula is C78H122ClF5N12O13. The number of nitrogens with zero attached hydrogens (tertiary/aromatic N) is 9. The summed E-state index contributed by atoms with van der Waals surface area (Å²) >= 11 is 6.44. The van der Waals surface area contributed by atoms with Crippen molar-refractivity contribution in [1.82, 2.24) is 60.0 Å². The molecule has 0 aromatic carbocycles. The lowest BCUT2D eigenvalue weighted by molar-refractivity contribution is -0.182. The zero-order valence-corrected chi connectivity index (χ0v) is 66.2. The summed E-state index contributed by atoms with van der Waals surface area (Å²) in [6.45, 7) is 3.02. The molecule has 0 aromatic heterocycles. The van der Waals surface area contributed by atoms with E-state index in [0.717, 1.165) is 9.80 Å². The number of amides is 12. The lowest BCUT2D eigenvalue weighted by Gasteiger charge is -2.42. The van der Waals surface area contributed by atoms with Gasteiger partial charge in [-0.2, -0.15) is 13.2 Å². The molecule has 25 nitrogen and oxygen atoms in total. The van der Waals surface area contributed by atoms with Crippen molar-refractivity contribution in [2.24, 2.45) is 35.5 Å². The fourth-order valence-electron chi connectivity index (χ4n) is 19.0. The van der Waals surface area contributed by atoms with Crippen LogP contribution in [0.5, 0.6) is 0 Å². The van der Waals surface area contributed by atoms with E-state index in [1.54, 1.807) is 6.92 Å². The molecular weight excluding hydrogens is 1440 g/mol. The largest absolute Gasteiger partial charge is 0.393 e. The molecule has 9 rings (SSSR count).